The summed E-state index contributed by atoms with van der Waals surface area (Å²) in [5, 5.41) is 2.86. The third-order valence-electron chi connectivity index (χ3n) is 1.96. The van der Waals surface area contributed by atoms with E-state index in [9.17, 15) is 9.18 Å². The topological polar surface area (TPSA) is 29.1 Å². The largest absolute Gasteiger partial charge is 0.325 e. The van der Waals surface area contributed by atoms with Gasteiger partial charge < -0.3 is 5.32 Å². The Kier molecular flexibility index (Phi) is 4.56. The van der Waals surface area contributed by atoms with Gasteiger partial charge in [-0.15, -0.1) is 0 Å². The third kappa shape index (κ3) is 3.88. The van der Waals surface area contributed by atoms with Crippen LogP contribution in [0.2, 0.25) is 5.02 Å². The molecule has 1 aromatic rings. The molecule has 0 atom stereocenters. The number of hydrogen-bond acceptors (Lipinski definition) is 1. The first-order valence-electron chi connectivity index (χ1n) is 4.88. The predicted octanol–water partition coefficient (Wildman–Crippen LogP) is 3.61. The molecule has 0 aliphatic rings. The summed E-state index contributed by atoms with van der Waals surface area (Å²) in [5.74, 6) is -0.503. The Labute approximate surface area is 93.4 Å². The van der Waals surface area contributed by atoms with Crippen molar-refractivity contribution >= 4 is 23.2 Å². The molecule has 4 heteroatoms. The second-order valence-electron chi connectivity index (χ2n) is 3.28. The van der Waals surface area contributed by atoms with E-state index in [1.807, 2.05) is 6.92 Å². The fourth-order valence-electron chi connectivity index (χ4n) is 1.14. The van der Waals surface area contributed by atoms with E-state index < -0.39 is 5.82 Å². The van der Waals surface area contributed by atoms with Gasteiger partial charge in [0.2, 0.25) is 5.91 Å². The van der Waals surface area contributed by atoms with Crippen LogP contribution in [0.3, 0.4) is 0 Å². The summed E-state index contributed by atoms with van der Waals surface area (Å²) in [6.07, 6.45) is 2.26. The van der Waals surface area contributed by atoms with Crippen LogP contribution in [-0.4, -0.2) is 5.91 Å². The zero-order valence-corrected chi connectivity index (χ0v) is 9.27. The maximum absolute atomic E-state index is 12.7. The molecule has 0 aliphatic carbocycles. The molecule has 15 heavy (non-hydrogen) atoms. The minimum Gasteiger partial charge on any atom is -0.325 e. The van der Waals surface area contributed by atoms with Crippen molar-refractivity contribution < 1.29 is 9.18 Å². The van der Waals surface area contributed by atoms with Crippen LogP contribution < -0.4 is 5.32 Å². The van der Waals surface area contributed by atoms with E-state index in [1.54, 1.807) is 0 Å². The molecule has 1 amide bonds. The van der Waals surface area contributed by atoms with Crippen molar-refractivity contribution in [2.75, 3.05) is 5.32 Å². The number of carbonyl (C=O) groups excluding carboxylic acids is 1. The summed E-state index contributed by atoms with van der Waals surface area (Å²) >= 11 is 5.75. The van der Waals surface area contributed by atoms with E-state index in [4.69, 9.17) is 11.6 Å². The summed E-state index contributed by atoms with van der Waals surface area (Å²) in [4.78, 5) is 11.3. The summed E-state index contributed by atoms with van der Waals surface area (Å²) in [6, 6.07) is 3.90. The smallest absolute Gasteiger partial charge is 0.224 e. The van der Waals surface area contributed by atoms with Gasteiger partial charge >= 0.3 is 0 Å². The first kappa shape index (κ1) is 12.0. The molecule has 2 nitrogen and oxygen atoms in total. The zero-order chi connectivity index (χ0) is 11.3. The molecular weight excluding hydrogens is 217 g/mol. The van der Waals surface area contributed by atoms with E-state index in [2.05, 4.69) is 5.32 Å². The fourth-order valence-corrected chi connectivity index (χ4v) is 1.36. The Morgan fingerprint density at radius 1 is 1.53 bits per heavy atom. The van der Waals surface area contributed by atoms with E-state index >= 15 is 0 Å². The SMILES string of the molecule is CCCCC(=O)Nc1ccc(F)cc1Cl. The third-order valence-corrected chi connectivity index (χ3v) is 2.28. The quantitative estimate of drug-likeness (QED) is 0.840. The number of rotatable bonds is 4. The molecule has 1 aromatic carbocycles. The van der Waals surface area contributed by atoms with Crippen molar-refractivity contribution in [2.45, 2.75) is 26.2 Å². The summed E-state index contributed by atoms with van der Waals surface area (Å²) in [5.41, 5.74) is 0.458. The van der Waals surface area contributed by atoms with Crippen molar-refractivity contribution in [3.63, 3.8) is 0 Å². The molecule has 0 aromatic heterocycles. The second kappa shape index (κ2) is 5.71. The number of hydrogen-bond donors (Lipinski definition) is 1. The highest BCUT2D eigenvalue weighted by Crippen LogP contribution is 2.22. The maximum atomic E-state index is 12.7. The average Bonchev–Trinajstić information content (AvgIpc) is 2.19. The number of carbonyl (C=O) groups is 1. The molecule has 1 N–H and O–H groups in total. The second-order valence-corrected chi connectivity index (χ2v) is 3.68. The van der Waals surface area contributed by atoms with E-state index in [-0.39, 0.29) is 10.9 Å². The monoisotopic (exact) mass is 229 g/mol. The van der Waals surface area contributed by atoms with Crippen LogP contribution >= 0.6 is 11.6 Å². The number of halogens is 2. The zero-order valence-electron chi connectivity index (χ0n) is 8.52. The highest BCUT2D eigenvalue weighted by molar-refractivity contribution is 6.33. The number of benzene rings is 1. The van der Waals surface area contributed by atoms with Gasteiger partial charge in [0, 0.05) is 6.42 Å². The van der Waals surface area contributed by atoms with Crippen molar-refractivity contribution in [2.24, 2.45) is 0 Å². The lowest BCUT2D eigenvalue weighted by Crippen LogP contribution is -2.11. The van der Waals surface area contributed by atoms with Crippen LogP contribution in [0.5, 0.6) is 0 Å². The molecule has 0 saturated carbocycles. The van der Waals surface area contributed by atoms with Gasteiger partial charge in [0.05, 0.1) is 10.7 Å². The van der Waals surface area contributed by atoms with Gasteiger partial charge in [0.25, 0.3) is 0 Å². The lowest BCUT2D eigenvalue weighted by Gasteiger charge is -2.06. The molecule has 0 spiro atoms. The molecule has 0 bridgehead atoms. The number of anilines is 1. The Morgan fingerprint density at radius 2 is 2.27 bits per heavy atom. The first-order valence-corrected chi connectivity index (χ1v) is 5.26. The predicted molar refractivity (Wildman–Crippen MR) is 59.6 cm³/mol. The van der Waals surface area contributed by atoms with Gasteiger partial charge in [-0.05, 0) is 24.6 Å². The van der Waals surface area contributed by atoms with Crippen molar-refractivity contribution in [3.05, 3.63) is 29.0 Å². The summed E-state index contributed by atoms with van der Waals surface area (Å²) in [7, 11) is 0. The molecule has 0 radical (unpaired) electrons. The van der Waals surface area contributed by atoms with Crippen LogP contribution in [0.15, 0.2) is 18.2 Å². The average molecular weight is 230 g/mol. The molecular formula is C11H13ClFNO. The lowest BCUT2D eigenvalue weighted by molar-refractivity contribution is -0.116. The van der Waals surface area contributed by atoms with Crippen molar-refractivity contribution in [1.29, 1.82) is 0 Å². The Bertz CT molecular complexity index is 354. The normalized spacial score (nSPS) is 10.1. The number of unbranched alkanes of at least 4 members (excludes halogenated alkanes) is 1. The summed E-state index contributed by atoms with van der Waals surface area (Å²) in [6.45, 7) is 2.01. The molecule has 0 aliphatic heterocycles. The highest BCUT2D eigenvalue weighted by Gasteiger charge is 2.05. The van der Waals surface area contributed by atoms with E-state index in [1.165, 1.54) is 18.2 Å². The van der Waals surface area contributed by atoms with Gasteiger partial charge in [-0.3, -0.25) is 4.79 Å². The van der Waals surface area contributed by atoms with E-state index in [0.29, 0.717) is 12.1 Å². The molecule has 0 unspecified atom stereocenters. The van der Waals surface area contributed by atoms with Crippen LogP contribution in [-0.2, 0) is 4.79 Å². The Morgan fingerprint density at radius 3 is 2.87 bits per heavy atom. The Balaban J connectivity index is 2.60. The lowest BCUT2D eigenvalue weighted by atomic mass is 10.2. The van der Waals surface area contributed by atoms with Crippen LogP contribution in [0.25, 0.3) is 0 Å². The molecule has 0 saturated heterocycles. The Hall–Kier alpha value is -1.09. The molecule has 1 rings (SSSR count). The first-order chi connectivity index (χ1) is 7.13. The van der Waals surface area contributed by atoms with Gasteiger partial charge in [-0.1, -0.05) is 24.9 Å². The van der Waals surface area contributed by atoms with Gasteiger partial charge in [-0.25, -0.2) is 4.39 Å². The highest BCUT2D eigenvalue weighted by atomic mass is 35.5. The van der Waals surface area contributed by atoms with Crippen LogP contribution in [0.4, 0.5) is 10.1 Å². The minimum atomic E-state index is -0.411. The van der Waals surface area contributed by atoms with Crippen molar-refractivity contribution in [1.82, 2.24) is 0 Å². The fraction of sp³-hybridized carbons (Fsp3) is 0.364. The number of nitrogens with one attached hydrogen (secondary N) is 1. The number of amides is 1. The van der Waals surface area contributed by atoms with Crippen LogP contribution in [0.1, 0.15) is 26.2 Å². The summed E-state index contributed by atoms with van der Waals surface area (Å²) < 4.78 is 12.7. The van der Waals surface area contributed by atoms with Crippen molar-refractivity contribution in [3.8, 4) is 0 Å². The molecule has 0 fully saturated rings. The van der Waals surface area contributed by atoms with Gasteiger partial charge in [-0.2, -0.15) is 0 Å². The standard InChI is InChI=1S/C11H13ClFNO/c1-2-3-4-11(15)14-10-6-5-8(13)7-9(10)12/h5-7H,2-4H2,1H3,(H,14,15). The van der Waals surface area contributed by atoms with Gasteiger partial charge in [0.15, 0.2) is 0 Å². The maximum Gasteiger partial charge on any atom is 0.224 e. The van der Waals surface area contributed by atoms with E-state index in [0.717, 1.165) is 12.8 Å². The minimum absolute atomic E-state index is 0.0923. The molecule has 0 heterocycles. The molecule has 82 valence electrons. The van der Waals surface area contributed by atoms with Crippen LogP contribution in [0, 0.1) is 5.82 Å². The van der Waals surface area contributed by atoms with Gasteiger partial charge in [0.1, 0.15) is 5.82 Å².